The first kappa shape index (κ1) is 24.5. The normalized spacial score (nSPS) is 15.4. The zero-order valence-electron chi connectivity index (χ0n) is 19.7. The number of amides is 2. The quantitative estimate of drug-likeness (QED) is 0.553. The summed E-state index contributed by atoms with van der Waals surface area (Å²) < 4.78 is 5.46. The van der Waals surface area contributed by atoms with Crippen molar-refractivity contribution < 1.29 is 14.3 Å². The molecule has 172 valence electrons. The third-order valence-corrected chi connectivity index (χ3v) is 5.12. The molecule has 0 saturated carbocycles. The van der Waals surface area contributed by atoms with Crippen LogP contribution < -0.4 is 10.6 Å². The fourth-order valence-electron chi connectivity index (χ4n) is 3.32. The first-order valence-electron chi connectivity index (χ1n) is 10.8. The highest BCUT2D eigenvalue weighted by atomic mass is 16.6. The highest BCUT2D eigenvalue weighted by Gasteiger charge is 2.26. The SMILES string of the molecule is CN=C(NCc1ccc(C(=O)N(C)C)cc1)NCC1CCN(C(=O)OC(C)(C)C)CC1. The van der Waals surface area contributed by atoms with Crippen molar-refractivity contribution in [2.24, 2.45) is 10.9 Å². The maximum atomic E-state index is 12.2. The predicted molar refractivity (Wildman–Crippen MR) is 123 cm³/mol. The molecule has 0 radical (unpaired) electrons. The Hall–Kier alpha value is -2.77. The second-order valence-electron chi connectivity index (χ2n) is 9.11. The molecule has 1 aromatic rings. The molecule has 1 heterocycles. The lowest BCUT2D eigenvalue weighted by Gasteiger charge is -2.33. The standard InChI is InChI=1S/C23H37N5O3/c1-23(2,3)31-22(30)28-13-11-18(12-14-28)16-26-21(24-4)25-15-17-7-9-19(10-8-17)20(29)27(5)6/h7-10,18H,11-16H2,1-6H3,(H2,24,25,26). The molecule has 1 aliphatic rings. The number of ether oxygens (including phenoxy) is 1. The van der Waals surface area contributed by atoms with Gasteiger partial charge in [-0.05, 0) is 57.2 Å². The van der Waals surface area contributed by atoms with Crippen LogP contribution in [-0.2, 0) is 11.3 Å². The molecule has 0 aromatic heterocycles. The summed E-state index contributed by atoms with van der Waals surface area (Å²) in [6.07, 6.45) is 1.64. The number of carbonyl (C=O) groups excluding carboxylic acids is 2. The van der Waals surface area contributed by atoms with E-state index < -0.39 is 5.60 Å². The van der Waals surface area contributed by atoms with Crippen molar-refractivity contribution in [2.75, 3.05) is 40.8 Å². The molecule has 2 rings (SSSR count). The maximum Gasteiger partial charge on any atom is 0.410 e. The lowest BCUT2D eigenvalue weighted by molar-refractivity contribution is 0.0185. The number of nitrogens with zero attached hydrogens (tertiary/aromatic N) is 3. The summed E-state index contributed by atoms with van der Waals surface area (Å²) >= 11 is 0. The first-order valence-corrected chi connectivity index (χ1v) is 10.8. The lowest BCUT2D eigenvalue weighted by atomic mass is 9.97. The first-order chi connectivity index (χ1) is 14.6. The molecule has 31 heavy (non-hydrogen) atoms. The Labute approximate surface area is 186 Å². The van der Waals surface area contributed by atoms with Gasteiger partial charge in [-0.15, -0.1) is 0 Å². The minimum absolute atomic E-state index is 0.00491. The van der Waals surface area contributed by atoms with Gasteiger partial charge in [-0.1, -0.05) is 12.1 Å². The van der Waals surface area contributed by atoms with Gasteiger partial charge in [-0.2, -0.15) is 0 Å². The molecule has 1 aliphatic heterocycles. The molecule has 0 spiro atoms. The summed E-state index contributed by atoms with van der Waals surface area (Å²) in [5, 5.41) is 6.69. The van der Waals surface area contributed by atoms with Crippen LogP contribution in [0.4, 0.5) is 4.79 Å². The van der Waals surface area contributed by atoms with Crippen LogP contribution in [0.2, 0.25) is 0 Å². The van der Waals surface area contributed by atoms with Gasteiger partial charge in [0.15, 0.2) is 5.96 Å². The molecule has 8 heteroatoms. The minimum atomic E-state index is -0.462. The molecule has 0 atom stereocenters. The third-order valence-electron chi connectivity index (χ3n) is 5.12. The van der Waals surface area contributed by atoms with Gasteiger partial charge in [-0.3, -0.25) is 9.79 Å². The number of carbonyl (C=O) groups is 2. The van der Waals surface area contributed by atoms with E-state index in [0.29, 0.717) is 31.1 Å². The van der Waals surface area contributed by atoms with Gasteiger partial charge in [0.2, 0.25) is 0 Å². The largest absolute Gasteiger partial charge is 0.444 e. The van der Waals surface area contributed by atoms with Crippen LogP contribution in [0.5, 0.6) is 0 Å². The number of aliphatic imine (C=N–C) groups is 1. The fraction of sp³-hybridized carbons (Fsp3) is 0.609. The number of piperidine rings is 1. The van der Waals surface area contributed by atoms with Crippen LogP contribution in [0.25, 0.3) is 0 Å². The Bertz CT molecular complexity index is 760. The Balaban J connectivity index is 1.73. The number of rotatable bonds is 5. The van der Waals surface area contributed by atoms with Crippen LogP contribution >= 0.6 is 0 Å². The molecule has 0 unspecified atom stereocenters. The highest BCUT2D eigenvalue weighted by molar-refractivity contribution is 5.93. The summed E-state index contributed by atoms with van der Waals surface area (Å²) in [5.74, 6) is 1.21. The molecule has 1 saturated heterocycles. The topological polar surface area (TPSA) is 86.3 Å². The molecule has 8 nitrogen and oxygen atoms in total. The summed E-state index contributed by atoms with van der Waals surface area (Å²) in [4.78, 5) is 31.8. The molecule has 2 amide bonds. The molecule has 0 aliphatic carbocycles. The van der Waals surface area contributed by atoms with Crippen LogP contribution in [0.3, 0.4) is 0 Å². The zero-order chi connectivity index (χ0) is 23.0. The van der Waals surface area contributed by atoms with Gasteiger partial charge in [-0.25, -0.2) is 4.79 Å². The maximum absolute atomic E-state index is 12.2. The van der Waals surface area contributed by atoms with Gasteiger partial charge in [0, 0.05) is 52.9 Å². The Kier molecular flexibility index (Phi) is 8.71. The summed E-state index contributed by atoms with van der Waals surface area (Å²) in [5.41, 5.74) is 1.29. The van der Waals surface area contributed by atoms with E-state index in [0.717, 1.165) is 30.9 Å². The van der Waals surface area contributed by atoms with E-state index in [1.165, 1.54) is 0 Å². The Morgan fingerprint density at radius 3 is 2.26 bits per heavy atom. The molecule has 2 N–H and O–H groups in total. The van der Waals surface area contributed by atoms with E-state index in [1.54, 1.807) is 30.9 Å². The van der Waals surface area contributed by atoms with Crippen molar-refractivity contribution in [3.63, 3.8) is 0 Å². The predicted octanol–water partition coefficient (Wildman–Crippen LogP) is 2.70. The average molecular weight is 432 g/mol. The van der Waals surface area contributed by atoms with E-state index in [1.807, 2.05) is 45.0 Å². The van der Waals surface area contributed by atoms with E-state index in [4.69, 9.17) is 4.74 Å². The number of hydrogen-bond donors (Lipinski definition) is 2. The average Bonchev–Trinajstić information content (AvgIpc) is 2.73. The van der Waals surface area contributed by atoms with E-state index in [2.05, 4.69) is 15.6 Å². The second kappa shape index (κ2) is 11.0. The Morgan fingerprint density at radius 1 is 1.13 bits per heavy atom. The van der Waals surface area contributed by atoms with Crippen LogP contribution in [0, 0.1) is 5.92 Å². The number of guanidine groups is 1. The van der Waals surface area contributed by atoms with Crippen molar-refractivity contribution in [3.8, 4) is 0 Å². The van der Waals surface area contributed by atoms with Gasteiger partial charge < -0.3 is 25.2 Å². The smallest absolute Gasteiger partial charge is 0.410 e. The summed E-state index contributed by atoms with van der Waals surface area (Å²) in [6, 6.07) is 7.58. The van der Waals surface area contributed by atoms with Crippen molar-refractivity contribution in [2.45, 2.75) is 45.8 Å². The lowest BCUT2D eigenvalue weighted by Crippen LogP contribution is -2.45. The summed E-state index contributed by atoms with van der Waals surface area (Å²) in [6.45, 7) is 8.51. The van der Waals surface area contributed by atoms with Gasteiger partial charge in [0.05, 0.1) is 0 Å². The number of nitrogens with one attached hydrogen (secondary N) is 2. The van der Waals surface area contributed by atoms with E-state index in [-0.39, 0.29) is 12.0 Å². The molecular formula is C23H37N5O3. The van der Waals surface area contributed by atoms with Crippen LogP contribution in [-0.4, -0.2) is 74.1 Å². The van der Waals surface area contributed by atoms with Crippen molar-refractivity contribution in [1.82, 2.24) is 20.4 Å². The summed E-state index contributed by atoms with van der Waals surface area (Å²) in [7, 11) is 5.24. The number of hydrogen-bond acceptors (Lipinski definition) is 4. The third kappa shape index (κ3) is 8.11. The monoisotopic (exact) mass is 431 g/mol. The van der Waals surface area contributed by atoms with Crippen LogP contribution in [0.15, 0.2) is 29.3 Å². The Morgan fingerprint density at radius 2 is 1.74 bits per heavy atom. The van der Waals surface area contributed by atoms with Gasteiger partial charge >= 0.3 is 6.09 Å². The second-order valence-corrected chi connectivity index (χ2v) is 9.11. The van der Waals surface area contributed by atoms with Crippen LogP contribution in [0.1, 0.15) is 49.5 Å². The van der Waals surface area contributed by atoms with Crippen molar-refractivity contribution >= 4 is 18.0 Å². The van der Waals surface area contributed by atoms with Crippen molar-refractivity contribution in [3.05, 3.63) is 35.4 Å². The highest BCUT2D eigenvalue weighted by Crippen LogP contribution is 2.19. The molecule has 1 fully saturated rings. The molecule has 1 aromatic carbocycles. The van der Waals surface area contributed by atoms with Crippen molar-refractivity contribution in [1.29, 1.82) is 0 Å². The van der Waals surface area contributed by atoms with Gasteiger partial charge in [0.1, 0.15) is 5.60 Å². The fourth-order valence-corrected chi connectivity index (χ4v) is 3.32. The number of benzene rings is 1. The minimum Gasteiger partial charge on any atom is -0.444 e. The zero-order valence-corrected chi connectivity index (χ0v) is 19.7. The molecule has 0 bridgehead atoms. The van der Waals surface area contributed by atoms with E-state index in [9.17, 15) is 9.59 Å². The molecular weight excluding hydrogens is 394 g/mol. The van der Waals surface area contributed by atoms with E-state index >= 15 is 0 Å². The number of likely N-dealkylation sites (tertiary alicyclic amines) is 1. The van der Waals surface area contributed by atoms with Gasteiger partial charge in [0.25, 0.3) is 5.91 Å².